The van der Waals surface area contributed by atoms with Crippen LogP contribution in [0.4, 0.5) is 0 Å². The molecule has 88 valence electrons. The van der Waals surface area contributed by atoms with E-state index in [9.17, 15) is 0 Å². The summed E-state index contributed by atoms with van der Waals surface area (Å²) >= 11 is 1.98. The highest BCUT2D eigenvalue weighted by molar-refractivity contribution is 7.98. The van der Waals surface area contributed by atoms with Gasteiger partial charge in [0, 0.05) is 37.0 Å². The number of rotatable bonds is 3. The van der Waals surface area contributed by atoms with Crippen molar-refractivity contribution in [3.8, 4) is 0 Å². The molecule has 0 bridgehead atoms. The van der Waals surface area contributed by atoms with Gasteiger partial charge in [-0.2, -0.15) is 11.8 Å². The maximum absolute atomic E-state index is 3.67. The Labute approximate surface area is 98.2 Å². The van der Waals surface area contributed by atoms with E-state index in [1.807, 2.05) is 11.8 Å². The lowest BCUT2D eigenvalue weighted by Gasteiger charge is -2.47. The van der Waals surface area contributed by atoms with Gasteiger partial charge in [0.25, 0.3) is 0 Å². The first kappa shape index (κ1) is 11.7. The maximum atomic E-state index is 3.67. The summed E-state index contributed by atoms with van der Waals surface area (Å²) in [7, 11) is 0. The van der Waals surface area contributed by atoms with E-state index in [0.29, 0.717) is 11.6 Å². The van der Waals surface area contributed by atoms with E-state index in [1.165, 1.54) is 51.1 Å². The van der Waals surface area contributed by atoms with Crippen LogP contribution < -0.4 is 5.32 Å². The second kappa shape index (κ2) is 5.07. The smallest absolute Gasteiger partial charge is 0.0335 e. The fourth-order valence-corrected chi connectivity index (χ4v) is 3.52. The van der Waals surface area contributed by atoms with Crippen LogP contribution in [0, 0.1) is 0 Å². The van der Waals surface area contributed by atoms with Gasteiger partial charge >= 0.3 is 0 Å². The minimum absolute atomic E-state index is 0.530. The van der Waals surface area contributed by atoms with Crippen LogP contribution >= 0.6 is 11.8 Å². The standard InChI is InChI=1S/C12H24N2S/c1-11-9-14(7-8-15-2)12(10-13-11)5-3-4-6-12/h11,13H,3-10H2,1-2H3. The predicted molar refractivity (Wildman–Crippen MR) is 68.6 cm³/mol. The van der Waals surface area contributed by atoms with Crippen molar-refractivity contribution in [2.45, 2.75) is 44.2 Å². The third-order valence-electron chi connectivity index (χ3n) is 4.04. The van der Waals surface area contributed by atoms with Crippen molar-refractivity contribution in [3.05, 3.63) is 0 Å². The third kappa shape index (κ3) is 2.51. The summed E-state index contributed by atoms with van der Waals surface area (Å²) in [4.78, 5) is 2.78. The molecule has 2 rings (SSSR count). The van der Waals surface area contributed by atoms with E-state index in [-0.39, 0.29) is 0 Å². The van der Waals surface area contributed by atoms with Crippen molar-refractivity contribution in [2.75, 3.05) is 31.6 Å². The van der Waals surface area contributed by atoms with Crippen LogP contribution in [0.3, 0.4) is 0 Å². The number of nitrogens with one attached hydrogen (secondary N) is 1. The third-order valence-corrected chi connectivity index (χ3v) is 4.64. The summed E-state index contributed by atoms with van der Waals surface area (Å²) < 4.78 is 0. The Kier molecular flexibility index (Phi) is 3.97. The van der Waals surface area contributed by atoms with Gasteiger partial charge in [-0.3, -0.25) is 4.90 Å². The summed E-state index contributed by atoms with van der Waals surface area (Å²) in [5, 5.41) is 3.67. The molecule has 0 amide bonds. The lowest BCUT2D eigenvalue weighted by atomic mass is 9.91. The van der Waals surface area contributed by atoms with Gasteiger partial charge in [-0.05, 0) is 26.0 Å². The number of hydrogen-bond acceptors (Lipinski definition) is 3. The van der Waals surface area contributed by atoms with Crippen LogP contribution in [0.15, 0.2) is 0 Å². The Morgan fingerprint density at radius 3 is 2.80 bits per heavy atom. The molecule has 0 aromatic rings. The summed E-state index contributed by atoms with van der Waals surface area (Å²) in [6.45, 7) is 6.07. The molecule has 1 aliphatic heterocycles. The fourth-order valence-electron chi connectivity index (χ4n) is 3.12. The topological polar surface area (TPSA) is 15.3 Å². The number of nitrogens with zero attached hydrogens (tertiary/aromatic N) is 1. The van der Waals surface area contributed by atoms with Crippen LogP contribution in [0.25, 0.3) is 0 Å². The quantitative estimate of drug-likeness (QED) is 0.795. The molecule has 0 aromatic heterocycles. The number of hydrogen-bond donors (Lipinski definition) is 1. The van der Waals surface area contributed by atoms with Gasteiger partial charge in [-0.15, -0.1) is 0 Å². The summed E-state index contributed by atoms with van der Waals surface area (Å²) in [5.41, 5.74) is 0.530. The van der Waals surface area contributed by atoms with E-state index in [4.69, 9.17) is 0 Å². The molecule has 1 heterocycles. The van der Waals surface area contributed by atoms with Crippen LogP contribution in [-0.4, -0.2) is 48.1 Å². The lowest BCUT2D eigenvalue weighted by molar-refractivity contribution is 0.0530. The monoisotopic (exact) mass is 228 g/mol. The minimum Gasteiger partial charge on any atom is -0.311 e. The Morgan fingerprint density at radius 2 is 2.13 bits per heavy atom. The van der Waals surface area contributed by atoms with Gasteiger partial charge in [0.15, 0.2) is 0 Å². The Bertz CT molecular complexity index is 202. The molecule has 1 saturated carbocycles. The van der Waals surface area contributed by atoms with Crippen LogP contribution in [0.1, 0.15) is 32.6 Å². The van der Waals surface area contributed by atoms with Crippen molar-refractivity contribution in [3.63, 3.8) is 0 Å². The van der Waals surface area contributed by atoms with Crippen LogP contribution in [0.5, 0.6) is 0 Å². The SMILES string of the molecule is CSCCN1CC(C)NCC12CCCC2. The number of thioether (sulfide) groups is 1. The molecule has 2 nitrogen and oxygen atoms in total. The van der Waals surface area contributed by atoms with Crippen molar-refractivity contribution in [1.82, 2.24) is 10.2 Å². The molecule has 1 unspecified atom stereocenters. The average Bonchev–Trinajstić information content (AvgIpc) is 2.70. The molecule has 0 radical (unpaired) electrons. The van der Waals surface area contributed by atoms with Gasteiger partial charge in [0.2, 0.25) is 0 Å². The average molecular weight is 228 g/mol. The van der Waals surface area contributed by atoms with Gasteiger partial charge in [0.05, 0.1) is 0 Å². The molecule has 1 spiro atoms. The zero-order chi connectivity index (χ0) is 10.7. The molecule has 1 atom stereocenters. The van der Waals surface area contributed by atoms with Gasteiger partial charge in [0.1, 0.15) is 0 Å². The van der Waals surface area contributed by atoms with Gasteiger partial charge in [-0.25, -0.2) is 0 Å². The summed E-state index contributed by atoms with van der Waals surface area (Å²) in [5.74, 6) is 1.29. The van der Waals surface area contributed by atoms with Crippen molar-refractivity contribution >= 4 is 11.8 Å². The zero-order valence-corrected chi connectivity index (χ0v) is 10.9. The van der Waals surface area contributed by atoms with Gasteiger partial charge < -0.3 is 5.32 Å². The predicted octanol–water partition coefficient (Wildman–Crippen LogP) is 1.96. The first-order chi connectivity index (χ1) is 7.27. The van der Waals surface area contributed by atoms with Crippen molar-refractivity contribution in [1.29, 1.82) is 0 Å². The highest BCUT2D eigenvalue weighted by Gasteiger charge is 2.42. The van der Waals surface area contributed by atoms with Crippen LogP contribution in [0.2, 0.25) is 0 Å². The van der Waals surface area contributed by atoms with E-state index >= 15 is 0 Å². The zero-order valence-electron chi connectivity index (χ0n) is 10.1. The fraction of sp³-hybridized carbons (Fsp3) is 1.00. The molecule has 2 fully saturated rings. The second-order valence-corrected chi connectivity index (χ2v) is 6.14. The van der Waals surface area contributed by atoms with E-state index in [0.717, 1.165) is 0 Å². The molecule has 1 aliphatic carbocycles. The molecule has 1 saturated heterocycles. The highest BCUT2D eigenvalue weighted by Crippen LogP contribution is 2.36. The molecular weight excluding hydrogens is 204 g/mol. The first-order valence-electron chi connectivity index (χ1n) is 6.24. The molecule has 0 aromatic carbocycles. The van der Waals surface area contributed by atoms with Gasteiger partial charge in [-0.1, -0.05) is 12.8 Å². The van der Waals surface area contributed by atoms with Crippen molar-refractivity contribution in [2.24, 2.45) is 0 Å². The lowest BCUT2D eigenvalue weighted by Crippen LogP contribution is -2.63. The Balaban J connectivity index is 1.99. The molecule has 3 heteroatoms. The molecule has 15 heavy (non-hydrogen) atoms. The number of piperazine rings is 1. The minimum atomic E-state index is 0.530. The highest BCUT2D eigenvalue weighted by atomic mass is 32.2. The van der Waals surface area contributed by atoms with E-state index in [1.54, 1.807) is 0 Å². The Hall–Kier alpha value is 0.270. The molecule has 1 N–H and O–H groups in total. The van der Waals surface area contributed by atoms with Crippen molar-refractivity contribution < 1.29 is 0 Å². The molecule has 2 aliphatic rings. The van der Waals surface area contributed by atoms with E-state index in [2.05, 4.69) is 23.4 Å². The van der Waals surface area contributed by atoms with E-state index < -0.39 is 0 Å². The summed E-state index contributed by atoms with van der Waals surface area (Å²) in [6.07, 6.45) is 7.92. The normalized spacial score (nSPS) is 31.2. The Morgan fingerprint density at radius 1 is 1.40 bits per heavy atom. The van der Waals surface area contributed by atoms with Crippen LogP contribution in [-0.2, 0) is 0 Å². The summed E-state index contributed by atoms with van der Waals surface area (Å²) in [6, 6.07) is 0.679. The first-order valence-corrected chi connectivity index (χ1v) is 7.64. The maximum Gasteiger partial charge on any atom is 0.0335 e. The largest absolute Gasteiger partial charge is 0.311 e. The second-order valence-electron chi connectivity index (χ2n) is 5.15. The molecular formula is C12H24N2S.